The Hall–Kier alpha value is -1.46. The molecule has 0 saturated heterocycles. The fraction of sp³-hybridized carbons (Fsp3) is 0.300. The Balaban J connectivity index is 2.99. The molecule has 0 fully saturated rings. The van der Waals surface area contributed by atoms with E-state index >= 15 is 0 Å². The molecule has 0 aromatic heterocycles. The Morgan fingerprint density at radius 1 is 1.56 bits per heavy atom. The highest BCUT2D eigenvalue weighted by molar-refractivity contribution is 6.34. The molecule has 0 radical (unpaired) electrons. The average Bonchev–Trinajstić information content (AvgIpc) is 2.28. The lowest BCUT2D eigenvalue weighted by molar-refractivity contribution is 0.304. The number of nitrogens with two attached hydrogens (primary N) is 1. The van der Waals surface area contributed by atoms with E-state index in [4.69, 9.17) is 27.6 Å². The molecule has 16 heavy (non-hydrogen) atoms. The molecule has 88 valence electrons. The molecule has 0 bridgehead atoms. The van der Waals surface area contributed by atoms with Crippen molar-refractivity contribution in [2.75, 3.05) is 25.1 Å². The van der Waals surface area contributed by atoms with Gasteiger partial charge in [-0.3, -0.25) is 0 Å². The van der Waals surface area contributed by atoms with Crippen molar-refractivity contribution in [2.45, 2.75) is 0 Å². The van der Waals surface area contributed by atoms with Crippen molar-refractivity contribution >= 4 is 23.1 Å². The van der Waals surface area contributed by atoms with Crippen LogP contribution in [0.5, 0.6) is 0 Å². The van der Waals surface area contributed by atoms with E-state index in [0.717, 1.165) is 5.69 Å². The SMILES string of the molecule is CN(CCO)c1ccc(C(N)=NO)c(Cl)c1. The summed E-state index contributed by atoms with van der Waals surface area (Å²) in [5, 5.41) is 20.6. The number of aliphatic hydroxyl groups excluding tert-OH is 1. The number of hydrogen-bond donors (Lipinski definition) is 3. The molecule has 0 aliphatic carbocycles. The molecule has 5 nitrogen and oxygen atoms in total. The fourth-order valence-corrected chi connectivity index (χ4v) is 1.55. The molecule has 0 saturated carbocycles. The number of amidine groups is 1. The number of anilines is 1. The van der Waals surface area contributed by atoms with Crippen LogP contribution in [-0.2, 0) is 0 Å². The van der Waals surface area contributed by atoms with Gasteiger partial charge < -0.3 is 20.9 Å². The minimum atomic E-state index is -0.0265. The summed E-state index contributed by atoms with van der Waals surface area (Å²) in [5.41, 5.74) is 6.77. The molecule has 0 amide bonds. The van der Waals surface area contributed by atoms with Crippen LogP contribution in [-0.4, -0.2) is 36.3 Å². The van der Waals surface area contributed by atoms with Crippen LogP contribution < -0.4 is 10.6 Å². The summed E-state index contributed by atoms with van der Waals surface area (Å²) in [6, 6.07) is 5.15. The van der Waals surface area contributed by atoms with Gasteiger partial charge in [0.25, 0.3) is 0 Å². The van der Waals surface area contributed by atoms with E-state index in [1.165, 1.54) is 0 Å². The molecule has 4 N–H and O–H groups in total. The maximum absolute atomic E-state index is 8.80. The van der Waals surface area contributed by atoms with Crippen LogP contribution in [0.25, 0.3) is 0 Å². The summed E-state index contributed by atoms with van der Waals surface area (Å²) >= 11 is 5.99. The Bertz CT molecular complexity index is 396. The lowest BCUT2D eigenvalue weighted by Crippen LogP contribution is -2.21. The monoisotopic (exact) mass is 243 g/mol. The van der Waals surface area contributed by atoms with Gasteiger partial charge in [-0.1, -0.05) is 16.8 Å². The zero-order valence-corrected chi connectivity index (χ0v) is 9.65. The van der Waals surface area contributed by atoms with Gasteiger partial charge in [0.2, 0.25) is 0 Å². The summed E-state index contributed by atoms with van der Waals surface area (Å²) in [7, 11) is 1.84. The van der Waals surface area contributed by atoms with Gasteiger partial charge in [0.15, 0.2) is 5.84 Å². The first-order valence-electron chi connectivity index (χ1n) is 4.69. The van der Waals surface area contributed by atoms with E-state index in [-0.39, 0.29) is 12.4 Å². The van der Waals surface area contributed by atoms with Crippen LogP contribution in [0.3, 0.4) is 0 Å². The molecular weight excluding hydrogens is 230 g/mol. The molecule has 1 rings (SSSR count). The largest absolute Gasteiger partial charge is 0.409 e. The summed E-state index contributed by atoms with van der Waals surface area (Å²) in [6.07, 6.45) is 0. The third-order valence-corrected chi connectivity index (χ3v) is 2.53. The van der Waals surface area contributed by atoms with E-state index in [1.54, 1.807) is 18.2 Å². The van der Waals surface area contributed by atoms with Gasteiger partial charge in [0, 0.05) is 24.8 Å². The number of nitrogens with zero attached hydrogens (tertiary/aromatic N) is 2. The van der Waals surface area contributed by atoms with Crippen molar-refractivity contribution in [3.05, 3.63) is 28.8 Å². The van der Waals surface area contributed by atoms with E-state index in [9.17, 15) is 0 Å². The molecule has 0 atom stereocenters. The zero-order valence-electron chi connectivity index (χ0n) is 8.89. The molecule has 1 aromatic carbocycles. The van der Waals surface area contributed by atoms with Gasteiger partial charge in [-0.2, -0.15) is 0 Å². The van der Waals surface area contributed by atoms with Crippen LogP contribution in [0.1, 0.15) is 5.56 Å². The molecule has 0 heterocycles. The number of likely N-dealkylation sites (N-methyl/N-ethyl adjacent to an activating group) is 1. The maximum Gasteiger partial charge on any atom is 0.171 e. The number of benzene rings is 1. The standard InChI is InChI=1S/C10H14ClN3O2/c1-14(4-5-15)7-2-3-8(9(11)6-7)10(12)13-16/h2-3,6,15-16H,4-5H2,1H3,(H2,12,13). The topological polar surface area (TPSA) is 82.1 Å². The van der Waals surface area contributed by atoms with Crippen LogP contribution in [0.4, 0.5) is 5.69 Å². The first-order chi connectivity index (χ1) is 7.60. The van der Waals surface area contributed by atoms with Gasteiger partial charge in [-0.05, 0) is 18.2 Å². The van der Waals surface area contributed by atoms with Crippen LogP contribution >= 0.6 is 11.6 Å². The summed E-state index contributed by atoms with van der Waals surface area (Å²) in [4.78, 5) is 1.85. The Labute approximate surface area is 98.7 Å². The van der Waals surface area contributed by atoms with Crippen molar-refractivity contribution in [1.29, 1.82) is 0 Å². The first kappa shape index (κ1) is 12.6. The number of hydrogen-bond acceptors (Lipinski definition) is 4. The molecular formula is C10H14ClN3O2. The molecule has 0 aliphatic rings. The van der Waals surface area contributed by atoms with Gasteiger partial charge in [-0.15, -0.1) is 0 Å². The second kappa shape index (κ2) is 5.58. The first-order valence-corrected chi connectivity index (χ1v) is 5.07. The Morgan fingerprint density at radius 2 is 2.25 bits per heavy atom. The van der Waals surface area contributed by atoms with Crippen LogP contribution in [0, 0.1) is 0 Å². The van der Waals surface area contributed by atoms with E-state index in [2.05, 4.69) is 5.16 Å². The van der Waals surface area contributed by atoms with Crippen molar-refractivity contribution in [3.8, 4) is 0 Å². The van der Waals surface area contributed by atoms with E-state index in [1.807, 2.05) is 11.9 Å². The molecule has 1 aromatic rings. The van der Waals surface area contributed by atoms with Crippen molar-refractivity contribution < 1.29 is 10.3 Å². The highest BCUT2D eigenvalue weighted by Gasteiger charge is 2.08. The third-order valence-electron chi connectivity index (χ3n) is 2.21. The normalized spacial score (nSPS) is 11.6. The number of aliphatic hydroxyl groups is 1. The predicted molar refractivity (Wildman–Crippen MR) is 64.3 cm³/mol. The summed E-state index contributed by atoms with van der Waals surface area (Å²) in [6.45, 7) is 0.579. The Kier molecular flexibility index (Phi) is 4.39. The smallest absolute Gasteiger partial charge is 0.171 e. The summed E-state index contributed by atoms with van der Waals surface area (Å²) in [5.74, 6) is -0.0265. The maximum atomic E-state index is 8.80. The number of halogens is 1. The van der Waals surface area contributed by atoms with Crippen molar-refractivity contribution in [3.63, 3.8) is 0 Å². The number of rotatable bonds is 4. The lowest BCUT2D eigenvalue weighted by Gasteiger charge is -2.18. The van der Waals surface area contributed by atoms with E-state index in [0.29, 0.717) is 17.1 Å². The van der Waals surface area contributed by atoms with Crippen molar-refractivity contribution in [1.82, 2.24) is 0 Å². The van der Waals surface area contributed by atoms with Crippen LogP contribution in [0.2, 0.25) is 5.02 Å². The highest BCUT2D eigenvalue weighted by atomic mass is 35.5. The predicted octanol–water partition coefficient (Wildman–Crippen LogP) is 0.863. The van der Waals surface area contributed by atoms with Crippen LogP contribution in [0.15, 0.2) is 23.4 Å². The molecule has 0 aliphatic heterocycles. The number of oxime groups is 1. The fourth-order valence-electron chi connectivity index (χ4n) is 1.28. The van der Waals surface area contributed by atoms with Gasteiger partial charge in [0.1, 0.15) is 0 Å². The van der Waals surface area contributed by atoms with Gasteiger partial charge in [0.05, 0.1) is 11.6 Å². The van der Waals surface area contributed by atoms with Crippen molar-refractivity contribution in [2.24, 2.45) is 10.9 Å². The lowest BCUT2D eigenvalue weighted by atomic mass is 10.2. The second-order valence-corrected chi connectivity index (χ2v) is 3.70. The Morgan fingerprint density at radius 3 is 2.75 bits per heavy atom. The minimum Gasteiger partial charge on any atom is -0.409 e. The summed E-state index contributed by atoms with van der Waals surface area (Å²) < 4.78 is 0. The average molecular weight is 244 g/mol. The third kappa shape index (κ3) is 2.77. The molecule has 6 heteroatoms. The highest BCUT2D eigenvalue weighted by Crippen LogP contribution is 2.22. The zero-order chi connectivity index (χ0) is 12.1. The quantitative estimate of drug-likeness (QED) is 0.317. The molecule has 0 unspecified atom stereocenters. The minimum absolute atomic E-state index is 0.0265. The second-order valence-electron chi connectivity index (χ2n) is 3.29. The van der Waals surface area contributed by atoms with Gasteiger partial charge in [-0.25, -0.2) is 0 Å². The van der Waals surface area contributed by atoms with Gasteiger partial charge >= 0.3 is 0 Å². The van der Waals surface area contributed by atoms with E-state index < -0.39 is 0 Å². The molecule has 0 spiro atoms.